The van der Waals surface area contributed by atoms with Crippen LogP contribution in [0, 0.1) is 5.41 Å². The van der Waals surface area contributed by atoms with Crippen LogP contribution in [0.2, 0.25) is 0 Å². The molecule has 0 aliphatic heterocycles. The van der Waals surface area contributed by atoms with Crippen LogP contribution in [0.25, 0.3) is 0 Å². The number of halogens is 1. The van der Waals surface area contributed by atoms with Gasteiger partial charge in [-0.2, -0.15) is 11.8 Å². The molecule has 0 aliphatic carbocycles. The average molecular weight is 302 g/mol. The van der Waals surface area contributed by atoms with Crippen LogP contribution in [0.4, 0.5) is 5.69 Å². The van der Waals surface area contributed by atoms with Gasteiger partial charge in [-0.3, -0.25) is 5.41 Å². The van der Waals surface area contributed by atoms with Crippen LogP contribution in [-0.2, 0) is 0 Å². The number of nitrogens with zero attached hydrogens (tertiary/aromatic N) is 1. The standard InChI is InChI=1S/C11H16BrN3S/c1-15(5-6-16-2)8-3-4-9(11(13)14)10(12)7-8/h3-4,7H,5-6H2,1-2H3,(H3,13,14). The number of anilines is 1. The summed E-state index contributed by atoms with van der Waals surface area (Å²) < 4.78 is 0.869. The minimum Gasteiger partial charge on any atom is -0.384 e. The van der Waals surface area contributed by atoms with E-state index in [1.165, 1.54) is 0 Å². The van der Waals surface area contributed by atoms with Crippen molar-refractivity contribution in [2.24, 2.45) is 5.73 Å². The molecule has 88 valence electrons. The van der Waals surface area contributed by atoms with Crippen molar-refractivity contribution in [1.29, 1.82) is 5.41 Å². The van der Waals surface area contributed by atoms with Gasteiger partial charge in [-0.25, -0.2) is 0 Å². The van der Waals surface area contributed by atoms with E-state index in [1.54, 1.807) is 0 Å². The third-order valence-electron chi connectivity index (χ3n) is 2.31. The number of benzene rings is 1. The van der Waals surface area contributed by atoms with Gasteiger partial charge in [0.25, 0.3) is 0 Å². The van der Waals surface area contributed by atoms with Crippen molar-refractivity contribution < 1.29 is 0 Å². The second-order valence-electron chi connectivity index (χ2n) is 3.49. The van der Waals surface area contributed by atoms with Crippen LogP contribution in [0.15, 0.2) is 22.7 Å². The highest BCUT2D eigenvalue weighted by molar-refractivity contribution is 9.10. The summed E-state index contributed by atoms with van der Waals surface area (Å²) in [6.45, 7) is 1.01. The Kier molecular flexibility index (Phi) is 5.15. The predicted octanol–water partition coefficient (Wildman–Crippen LogP) is 2.53. The first-order valence-corrected chi connectivity index (χ1v) is 7.09. The molecule has 0 bridgehead atoms. The van der Waals surface area contributed by atoms with E-state index in [0.29, 0.717) is 0 Å². The molecule has 0 aromatic heterocycles. The maximum absolute atomic E-state index is 7.40. The lowest BCUT2D eigenvalue weighted by atomic mass is 10.2. The Hall–Kier alpha value is -0.680. The Bertz CT molecular complexity index is 381. The molecule has 0 atom stereocenters. The van der Waals surface area contributed by atoms with Crippen LogP contribution in [0.1, 0.15) is 5.56 Å². The highest BCUT2D eigenvalue weighted by Crippen LogP contribution is 2.23. The maximum Gasteiger partial charge on any atom is 0.123 e. The van der Waals surface area contributed by atoms with E-state index in [0.717, 1.165) is 28.0 Å². The Morgan fingerprint density at radius 3 is 2.75 bits per heavy atom. The zero-order chi connectivity index (χ0) is 12.1. The van der Waals surface area contributed by atoms with E-state index >= 15 is 0 Å². The maximum atomic E-state index is 7.40. The number of nitrogens with one attached hydrogen (secondary N) is 1. The Morgan fingerprint density at radius 1 is 1.56 bits per heavy atom. The van der Waals surface area contributed by atoms with E-state index in [1.807, 2.05) is 30.0 Å². The Morgan fingerprint density at radius 2 is 2.25 bits per heavy atom. The van der Waals surface area contributed by atoms with Crippen LogP contribution < -0.4 is 10.6 Å². The summed E-state index contributed by atoms with van der Waals surface area (Å²) in [5, 5.41) is 7.40. The molecule has 0 amide bonds. The van der Waals surface area contributed by atoms with E-state index in [2.05, 4.69) is 34.1 Å². The molecule has 1 aromatic carbocycles. The van der Waals surface area contributed by atoms with Crippen LogP contribution >= 0.6 is 27.7 Å². The van der Waals surface area contributed by atoms with E-state index in [-0.39, 0.29) is 5.84 Å². The number of nitrogens with two attached hydrogens (primary N) is 1. The fourth-order valence-corrected chi connectivity index (χ4v) is 2.35. The van der Waals surface area contributed by atoms with E-state index in [9.17, 15) is 0 Å². The summed E-state index contributed by atoms with van der Waals surface area (Å²) in [5.41, 5.74) is 7.33. The van der Waals surface area contributed by atoms with Gasteiger partial charge in [0.1, 0.15) is 5.84 Å². The number of thioether (sulfide) groups is 1. The second kappa shape index (κ2) is 6.15. The molecule has 0 radical (unpaired) electrons. The van der Waals surface area contributed by atoms with Gasteiger partial charge in [0.2, 0.25) is 0 Å². The van der Waals surface area contributed by atoms with Crippen molar-refractivity contribution in [2.75, 3.05) is 30.5 Å². The van der Waals surface area contributed by atoms with Gasteiger partial charge in [-0.15, -0.1) is 0 Å². The lowest BCUT2D eigenvalue weighted by Crippen LogP contribution is -2.20. The molecule has 0 heterocycles. The largest absolute Gasteiger partial charge is 0.384 e. The topological polar surface area (TPSA) is 53.1 Å². The fourth-order valence-electron chi connectivity index (χ4n) is 1.32. The van der Waals surface area contributed by atoms with Crippen LogP contribution in [0.5, 0.6) is 0 Å². The zero-order valence-corrected chi connectivity index (χ0v) is 11.9. The van der Waals surface area contributed by atoms with Gasteiger partial charge >= 0.3 is 0 Å². The van der Waals surface area contributed by atoms with Crippen molar-refractivity contribution in [3.8, 4) is 0 Å². The van der Waals surface area contributed by atoms with Gasteiger partial charge in [-0.05, 0) is 40.4 Å². The average Bonchev–Trinajstić information content (AvgIpc) is 2.25. The number of hydrogen-bond donors (Lipinski definition) is 2. The van der Waals surface area contributed by atoms with Gasteiger partial charge < -0.3 is 10.6 Å². The third-order valence-corrected chi connectivity index (χ3v) is 3.56. The van der Waals surface area contributed by atoms with Crippen molar-refractivity contribution >= 4 is 39.2 Å². The Balaban J connectivity index is 2.84. The quantitative estimate of drug-likeness (QED) is 0.649. The van der Waals surface area contributed by atoms with Crippen molar-refractivity contribution in [2.45, 2.75) is 0 Å². The molecule has 0 saturated carbocycles. The molecular formula is C11H16BrN3S. The molecule has 3 nitrogen and oxygen atoms in total. The Labute approximate surface area is 109 Å². The highest BCUT2D eigenvalue weighted by atomic mass is 79.9. The van der Waals surface area contributed by atoms with Crippen molar-refractivity contribution in [3.05, 3.63) is 28.2 Å². The number of rotatable bonds is 5. The molecular weight excluding hydrogens is 286 g/mol. The molecule has 16 heavy (non-hydrogen) atoms. The molecule has 5 heteroatoms. The smallest absolute Gasteiger partial charge is 0.123 e. The molecule has 0 spiro atoms. The first-order valence-electron chi connectivity index (χ1n) is 4.90. The molecule has 0 aliphatic rings. The number of nitrogen functional groups attached to an aromatic ring is 1. The minimum atomic E-state index is 0.0881. The SMILES string of the molecule is CSCCN(C)c1ccc(C(=N)N)c(Br)c1. The molecule has 3 N–H and O–H groups in total. The summed E-state index contributed by atoms with van der Waals surface area (Å²) >= 11 is 5.26. The first kappa shape index (κ1) is 13.4. The van der Waals surface area contributed by atoms with Crippen molar-refractivity contribution in [1.82, 2.24) is 0 Å². The normalized spacial score (nSPS) is 10.2. The first-order chi connectivity index (χ1) is 7.56. The minimum absolute atomic E-state index is 0.0881. The predicted molar refractivity (Wildman–Crippen MR) is 76.8 cm³/mol. The van der Waals surface area contributed by atoms with Gasteiger partial charge in [0.15, 0.2) is 0 Å². The van der Waals surface area contributed by atoms with E-state index < -0.39 is 0 Å². The molecule has 1 aromatic rings. The zero-order valence-electron chi connectivity index (χ0n) is 9.46. The molecule has 0 saturated heterocycles. The summed E-state index contributed by atoms with van der Waals surface area (Å²) in [5.74, 6) is 1.19. The number of hydrogen-bond acceptors (Lipinski definition) is 3. The third kappa shape index (κ3) is 3.42. The fraction of sp³-hybridized carbons (Fsp3) is 0.364. The summed E-state index contributed by atoms with van der Waals surface area (Å²) in [4.78, 5) is 2.19. The lowest BCUT2D eigenvalue weighted by molar-refractivity contribution is 0.977. The summed E-state index contributed by atoms with van der Waals surface area (Å²) in [7, 11) is 2.06. The monoisotopic (exact) mass is 301 g/mol. The lowest BCUT2D eigenvalue weighted by Gasteiger charge is -2.19. The van der Waals surface area contributed by atoms with Crippen LogP contribution in [0.3, 0.4) is 0 Å². The second-order valence-corrected chi connectivity index (χ2v) is 5.33. The molecule has 0 unspecified atom stereocenters. The van der Waals surface area contributed by atoms with E-state index in [4.69, 9.17) is 11.1 Å². The molecule has 0 fully saturated rings. The van der Waals surface area contributed by atoms with Gasteiger partial charge in [0, 0.05) is 35.1 Å². The van der Waals surface area contributed by atoms with Gasteiger partial charge in [0.05, 0.1) is 0 Å². The molecule has 1 rings (SSSR count). The highest BCUT2D eigenvalue weighted by Gasteiger charge is 2.06. The van der Waals surface area contributed by atoms with Gasteiger partial charge in [-0.1, -0.05) is 0 Å². The summed E-state index contributed by atoms with van der Waals surface area (Å²) in [6.07, 6.45) is 2.10. The number of amidine groups is 1. The van der Waals surface area contributed by atoms with Crippen molar-refractivity contribution in [3.63, 3.8) is 0 Å². The summed E-state index contributed by atoms with van der Waals surface area (Å²) in [6, 6.07) is 5.86. The van der Waals surface area contributed by atoms with Crippen LogP contribution in [-0.4, -0.2) is 31.4 Å².